The van der Waals surface area contributed by atoms with Crippen LogP contribution < -0.4 is 4.90 Å². The van der Waals surface area contributed by atoms with Crippen molar-refractivity contribution >= 4 is 34.4 Å². The molecule has 6 heteroatoms. The van der Waals surface area contributed by atoms with Gasteiger partial charge in [0, 0.05) is 37.6 Å². The van der Waals surface area contributed by atoms with Crippen LogP contribution in [0.5, 0.6) is 0 Å². The van der Waals surface area contributed by atoms with Crippen molar-refractivity contribution in [3.63, 3.8) is 0 Å². The third-order valence-electron chi connectivity index (χ3n) is 6.02. The number of thiophene rings is 1. The summed E-state index contributed by atoms with van der Waals surface area (Å²) in [6.07, 6.45) is 0. The highest BCUT2D eigenvalue weighted by molar-refractivity contribution is 7.11. The van der Waals surface area contributed by atoms with Crippen LogP contribution in [0.15, 0.2) is 77.8 Å². The molecule has 0 bridgehead atoms. The van der Waals surface area contributed by atoms with Gasteiger partial charge < -0.3 is 4.90 Å². The monoisotopic (exact) mass is 443 g/mol. The summed E-state index contributed by atoms with van der Waals surface area (Å²) in [7, 11) is 0. The molecule has 162 valence electrons. The maximum Gasteiger partial charge on any atom is 0.282 e. The first-order valence-electron chi connectivity index (χ1n) is 10.9. The van der Waals surface area contributed by atoms with Gasteiger partial charge in [0.1, 0.15) is 5.70 Å². The van der Waals surface area contributed by atoms with Gasteiger partial charge in [0.05, 0.1) is 11.3 Å². The van der Waals surface area contributed by atoms with Gasteiger partial charge in [0.2, 0.25) is 0 Å². The Hall–Kier alpha value is -3.22. The average molecular weight is 444 g/mol. The SMILES string of the molecule is Cc1cccc(N2C(=O)C(c3cccs3)=C(N3CCN(Cc4ccccc4)CC3)C2=O)c1. The minimum atomic E-state index is -0.232. The lowest BCUT2D eigenvalue weighted by atomic mass is 10.1. The van der Waals surface area contributed by atoms with Crippen molar-refractivity contribution in [2.45, 2.75) is 13.5 Å². The molecular weight excluding hydrogens is 418 g/mol. The molecule has 0 unspecified atom stereocenters. The summed E-state index contributed by atoms with van der Waals surface area (Å²) in [4.78, 5) is 33.8. The van der Waals surface area contributed by atoms with E-state index in [4.69, 9.17) is 0 Å². The second kappa shape index (κ2) is 8.73. The summed E-state index contributed by atoms with van der Waals surface area (Å²) < 4.78 is 0. The summed E-state index contributed by atoms with van der Waals surface area (Å²) in [5, 5.41) is 1.95. The van der Waals surface area contributed by atoms with Crippen LogP contribution in [-0.2, 0) is 16.1 Å². The Bertz CT molecular complexity index is 1160. The Morgan fingerprint density at radius 1 is 0.844 bits per heavy atom. The molecule has 5 rings (SSSR count). The fourth-order valence-electron chi connectivity index (χ4n) is 4.43. The highest BCUT2D eigenvalue weighted by Crippen LogP contribution is 2.37. The van der Waals surface area contributed by atoms with E-state index in [9.17, 15) is 9.59 Å². The van der Waals surface area contributed by atoms with E-state index in [1.165, 1.54) is 21.8 Å². The Kier molecular flexibility index (Phi) is 5.64. The number of aryl methyl sites for hydroxylation is 1. The molecule has 0 spiro atoms. The average Bonchev–Trinajstić information content (AvgIpc) is 3.41. The molecule has 1 saturated heterocycles. The first-order chi connectivity index (χ1) is 15.6. The van der Waals surface area contributed by atoms with E-state index in [0.29, 0.717) is 17.0 Å². The number of carbonyl (C=O) groups is 2. The number of hydrogen-bond donors (Lipinski definition) is 0. The maximum absolute atomic E-state index is 13.6. The van der Waals surface area contributed by atoms with E-state index in [1.54, 1.807) is 0 Å². The third kappa shape index (κ3) is 3.87. The van der Waals surface area contributed by atoms with Crippen LogP contribution in [0.4, 0.5) is 5.69 Å². The second-order valence-electron chi connectivity index (χ2n) is 8.23. The van der Waals surface area contributed by atoms with Crippen LogP contribution in [0.2, 0.25) is 0 Å². The standard InChI is InChI=1S/C26H25N3O2S/c1-19-7-5-10-21(17-19)29-25(30)23(22-11-6-16-32-22)24(26(29)31)28-14-12-27(13-15-28)18-20-8-3-2-4-9-20/h2-11,16-17H,12-15,18H2,1H3. The van der Waals surface area contributed by atoms with Gasteiger partial charge >= 0.3 is 0 Å². The molecule has 5 nitrogen and oxygen atoms in total. The molecule has 32 heavy (non-hydrogen) atoms. The van der Waals surface area contributed by atoms with Crippen molar-refractivity contribution in [1.29, 1.82) is 0 Å². The molecule has 0 saturated carbocycles. The molecule has 3 heterocycles. The minimum Gasteiger partial charge on any atom is -0.364 e. The fraction of sp³-hybridized carbons (Fsp3) is 0.231. The molecule has 2 aliphatic heterocycles. The van der Waals surface area contributed by atoms with Crippen molar-refractivity contribution in [3.8, 4) is 0 Å². The summed E-state index contributed by atoms with van der Waals surface area (Å²) >= 11 is 1.50. The molecule has 3 aromatic rings. The maximum atomic E-state index is 13.6. The van der Waals surface area contributed by atoms with Gasteiger partial charge in [-0.1, -0.05) is 48.5 Å². The number of rotatable bonds is 5. The highest BCUT2D eigenvalue weighted by Gasteiger charge is 2.43. The van der Waals surface area contributed by atoms with Crippen LogP contribution >= 0.6 is 11.3 Å². The van der Waals surface area contributed by atoms with Crippen molar-refractivity contribution in [3.05, 3.63) is 93.8 Å². The second-order valence-corrected chi connectivity index (χ2v) is 9.18. The number of carbonyl (C=O) groups excluding carboxylic acids is 2. The van der Waals surface area contributed by atoms with E-state index < -0.39 is 0 Å². The third-order valence-corrected chi connectivity index (χ3v) is 6.91. The number of piperazine rings is 1. The predicted molar refractivity (Wildman–Crippen MR) is 128 cm³/mol. The van der Waals surface area contributed by atoms with E-state index in [1.807, 2.05) is 54.8 Å². The number of amides is 2. The van der Waals surface area contributed by atoms with Gasteiger partial charge in [-0.15, -0.1) is 11.3 Å². The molecular formula is C26H25N3O2S. The van der Waals surface area contributed by atoms with Gasteiger partial charge in [-0.3, -0.25) is 14.5 Å². The highest BCUT2D eigenvalue weighted by atomic mass is 32.1. The largest absolute Gasteiger partial charge is 0.364 e. The van der Waals surface area contributed by atoms with Crippen molar-refractivity contribution < 1.29 is 9.59 Å². The molecule has 1 fully saturated rings. The van der Waals surface area contributed by atoms with E-state index in [0.717, 1.165) is 43.2 Å². The van der Waals surface area contributed by atoms with Crippen molar-refractivity contribution in [2.24, 2.45) is 0 Å². The fourth-order valence-corrected chi connectivity index (χ4v) is 5.19. The zero-order valence-electron chi connectivity index (χ0n) is 18.0. The zero-order valence-corrected chi connectivity index (χ0v) is 18.8. The zero-order chi connectivity index (χ0) is 22.1. The topological polar surface area (TPSA) is 43.9 Å². The Morgan fingerprint density at radius 3 is 2.31 bits per heavy atom. The molecule has 2 aliphatic rings. The van der Waals surface area contributed by atoms with Gasteiger partial charge in [-0.05, 0) is 41.6 Å². The Morgan fingerprint density at radius 2 is 1.62 bits per heavy atom. The number of hydrogen-bond acceptors (Lipinski definition) is 5. The lowest BCUT2D eigenvalue weighted by Gasteiger charge is -2.36. The summed E-state index contributed by atoms with van der Waals surface area (Å²) in [5.41, 5.74) is 4.01. The summed E-state index contributed by atoms with van der Waals surface area (Å²) in [6.45, 7) is 6.00. The molecule has 1 aromatic heterocycles. The smallest absolute Gasteiger partial charge is 0.282 e. The lowest BCUT2D eigenvalue weighted by Crippen LogP contribution is -2.47. The van der Waals surface area contributed by atoms with Gasteiger partial charge in [-0.25, -0.2) is 4.90 Å². The molecule has 0 N–H and O–H groups in total. The van der Waals surface area contributed by atoms with Crippen molar-refractivity contribution in [2.75, 3.05) is 31.1 Å². The first kappa shape index (κ1) is 20.7. The molecule has 2 amide bonds. The Balaban J connectivity index is 1.42. The van der Waals surface area contributed by atoms with E-state index in [2.05, 4.69) is 34.1 Å². The van der Waals surface area contributed by atoms with Crippen LogP contribution in [0.3, 0.4) is 0 Å². The molecule has 0 aliphatic carbocycles. The van der Waals surface area contributed by atoms with E-state index >= 15 is 0 Å². The number of anilines is 1. The number of imide groups is 1. The van der Waals surface area contributed by atoms with E-state index in [-0.39, 0.29) is 11.8 Å². The van der Waals surface area contributed by atoms with Crippen LogP contribution in [-0.4, -0.2) is 47.8 Å². The van der Waals surface area contributed by atoms with Crippen molar-refractivity contribution in [1.82, 2.24) is 9.80 Å². The minimum absolute atomic E-state index is 0.222. The van der Waals surface area contributed by atoms with Crippen LogP contribution in [0.1, 0.15) is 16.0 Å². The molecule has 2 aromatic carbocycles. The number of benzene rings is 2. The molecule has 0 radical (unpaired) electrons. The van der Waals surface area contributed by atoms with Gasteiger partial charge in [0.15, 0.2) is 0 Å². The lowest BCUT2D eigenvalue weighted by molar-refractivity contribution is -0.120. The summed E-state index contributed by atoms with van der Waals surface area (Å²) in [5.74, 6) is -0.453. The van der Waals surface area contributed by atoms with Crippen LogP contribution in [0, 0.1) is 6.92 Å². The quantitative estimate of drug-likeness (QED) is 0.556. The first-order valence-corrected chi connectivity index (χ1v) is 11.7. The van der Waals surface area contributed by atoms with Gasteiger partial charge in [-0.2, -0.15) is 0 Å². The summed E-state index contributed by atoms with van der Waals surface area (Å²) in [6, 6.07) is 21.9. The normalized spacial score (nSPS) is 17.5. The predicted octanol–water partition coefficient (Wildman–Crippen LogP) is 4.16. The van der Waals surface area contributed by atoms with Crippen LogP contribution in [0.25, 0.3) is 5.57 Å². The van der Waals surface area contributed by atoms with Gasteiger partial charge in [0.25, 0.3) is 11.8 Å². The molecule has 0 atom stereocenters. The number of nitrogens with zero attached hydrogens (tertiary/aromatic N) is 3. The Labute approximate surface area is 192 Å².